The lowest BCUT2D eigenvalue weighted by Crippen LogP contribution is -2.14. The van der Waals surface area contributed by atoms with Crippen LogP contribution in [-0.4, -0.2) is 21.2 Å². The standard InChI is InChI=1S/C16H21N3O2/c1-10(2)8-12-9-15(19-18-12)16(21)17-14-7-5-4-6-13(14)11(3)20/h4-7,9-11,20H,8H2,1-3H3,(H,17,21)(H,18,19)/t11-/m0/s1. The van der Waals surface area contributed by atoms with Crippen molar-refractivity contribution in [2.24, 2.45) is 5.92 Å². The Morgan fingerprint density at radius 3 is 2.71 bits per heavy atom. The van der Waals surface area contributed by atoms with E-state index in [0.29, 0.717) is 22.9 Å². The number of hydrogen-bond donors (Lipinski definition) is 3. The molecule has 1 aromatic carbocycles. The number of aromatic nitrogens is 2. The number of benzene rings is 1. The third kappa shape index (κ3) is 3.92. The van der Waals surface area contributed by atoms with E-state index in [1.165, 1.54) is 0 Å². The summed E-state index contributed by atoms with van der Waals surface area (Å²) in [4.78, 5) is 12.2. The van der Waals surface area contributed by atoms with E-state index in [1.807, 2.05) is 12.1 Å². The second-order valence-electron chi connectivity index (χ2n) is 5.59. The van der Waals surface area contributed by atoms with Gasteiger partial charge in [-0.25, -0.2) is 0 Å². The van der Waals surface area contributed by atoms with Gasteiger partial charge in [-0.15, -0.1) is 0 Å². The van der Waals surface area contributed by atoms with Crippen LogP contribution < -0.4 is 5.32 Å². The first-order valence-electron chi connectivity index (χ1n) is 7.10. The lowest BCUT2D eigenvalue weighted by atomic mass is 10.1. The van der Waals surface area contributed by atoms with E-state index in [0.717, 1.165) is 12.1 Å². The molecule has 0 radical (unpaired) electrons. The molecule has 0 saturated carbocycles. The number of para-hydroxylation sites is 1. The molecule has 2 aromatic rings. The van der Waals surface area contributed by atoms with Crippen LogP contribution in [0.5, 0.6) is 0 Å². The number of nitrogens with one attached hydrogen (secondary N) is 2. The predicted molar refractivity (Wildman–Crippen MR) is 82.2 cm³/mol. The molecule has 0 spiro atoms. The molecule has 0 fully saturated rings. The quantitative estimate of drug-likeness (QED) is 0.791. The molecule has 1 heterocycles. The molecule has 112 valence electrons. The van der Waals surface area contributed by atoms with Crippen molar-refractivity contribution < 1.29 is 9.90 Å². The molecule has 1 amide bonds. The Morgan fingerprint density at radius 1 is 1.33 bits per heavy atom. The summed E-state index contributed by atoms with van der Waals surface area (Å²) in [6, 6.07) is 8.96. The fourth-order valence-corrected chi connectivity index (χ4v) is 2.18. The maximum absolute atomic E-state index is 12.2. The van der Waals surface area contributed by atoms with Crippen LogP contribution in [0.4, 0.5) is 5.69 Å². The van der Waals surface area contributed by atoms with Crippen LogP contribution in [0.25, 0.3) is 0 Å². The van der Waals surface area contributed by atoms with Crippen LogP contribution in [0.15, 0.2) is 30.3 Å². The predicted octanol–water partition coefficient (Wildman–Crippen LogP) is 2.91. The van der Waals surface area contributed by atoms with Crippen molar-refractivity contribution in [2.75, 3.05) is 5.32 Å². The average Bonchev–Trinajstić information content (AvgIpc) is 2.86. The molecule has 0 aliphatic rings. The van der Waals surface area contributed by atoms with Gasteiger partial charge in [0.15, 0.2) is 5.69 Å². The SMILES string of the molecule is CC(C)Cc1cc(C(=O)Nc2ccccc2[C@H](C)O)n[nH]1. The van der Waals surface area contributed by atoms with Gasteiger partial charge >= 0.3 is 0 Å². The lowest BCUT2D eigenvalue weighted by Gasteiger charge is -2.12. The number of amides is 1. The maximum Gasteiger partial charge on any atom is 0.276 e. The zero-order chi connectivity index (χ0) is 15.4. The van der Waals surface area contributed by atoms with Gasteiger partial charge in [0.2, 0.25) is 0 Å². The topological polar surface area (TPSA) is 78.0 Å². The summed E-state index contributed by atoms with van der Waals surface area (Å²) in [5.74, 6) is 0.215. The van der Waals surface area contributed by atoms with Gasteiger partial charge in [0.1, 0.15) is 0 Å². The molecule has 21 heavy (non-hydrogen) atoms. The number of rotatable bonds is 5. The molecule has 0 aliphatic carbocycles. The summed E-state index contributed by atoms with van der Waals surface area (Å²) in [5.41, 5.74) is 2.58. The molecule has 5 heteroatoms. The lowest BCUT2D eigenvalue weighted by molar-refractivity contribution is 0.102. The van der Waals surface area contributed by atoms with Crippen molar-refractivity contribution >= 4 is 11.6 Å². The highest BCUT2D eigenvalue weighted by molar-refractivity contribution is 6.03. The van der Waals surface area contributed by atoms with Crippen LogP contribution in [0.3, 0.4) is 0 Å². The van der Waals surface area contributed by atoms with Gasteiger partial charge in [0.25, 0.3) is 5.91 Å². The van der Waals surface area contributed by atoms with Crippen molar-refractivity contribution in [3.63, 3.8) is 0 Å². The van der Waals surface area contributed by atoms with Gasteiger partial charge in [0, 0.05) is 16.9 Å². The van der Waals surface area contributed by atoms with Gasteiger partial charge in [-0.1, -0.05) is 32.0 Å². The van der Waals surface area contributed by atoms with E-state index in [2.05, 4.69) is 29.4 Å². The summed E-state index contributed by atoms with van der Waals surface area (Å²) in [5, 5.41) is 19.4. The maximum atomic E-state index is 12.2. The normalized spacial score (nSPS) is 12.4. The van der Waals surface area contributed by atoms with Gasteiger partial charge in [-0.3, -0.25) is 9.89 Å². The fraction of sp³-hybridized carbons (Fsp3) is 0.375. The zero-order valence-electron chi connectivity index (χ0n) is 12.6. The summed E-state index contributed by atoms with van der Waals surface area (Å²) < 4.78 is 0. The molecular weight excluding hydrogens is 266 g/mol. The van der Waals surface area contributed by atoms with E-state index in [-0.39, 0.29) is 5.91 Å². The molecule has 0 unspecified atom stereocenters. The Labute approximate surface area is 124 Å². The molecule has 5 nitrogen and oxygen atoms in total. The van der Waals surface area contributed by atoms with Crippen LogP contribution in [0, 0.1) is 5.92 Å². The number of aromatic amines is 1. The fourth-order valence-electron chi connectivity index (χ4n) is 2.18. The second kappa shape index (κ2) is 6.54. The highest BCUT2D eigenvalue weighted by Crippen LogP contribution is 2.22. The minimum atomic E-state index is -0.641. The van der Waals surface area contributed by atoms with Crippen LogP contribution >= 0.6 is 0 Å². The van der Waals surface area contributed by atoms with Crippen LogP contribution in [0.1, 0.15) is 48.6 Å². The van der Waals surface area contributed by atoms with Gasteiger partial charge in [0.05, 0.1) is 6.10 Å². The Kier molecular flexibility index (Phi) is 4.75. The molecule has 1 aromatic heterocycles. The monoisotopic (exact) mass is 287 g/mol. The van der Waals surface area contributed by atoms with E-state index < -0.39 is 6.10 Å². The minimum Gasteiger partial charge on any atom is -0.389 e. The van der Waals surface area contributed by atoms with Crippen LogP contribution in [-0.2, 0) is 6.42 Å². The Bertz CT molecular complexity index is 617. The van der Waals surface area contributed by atoms with Crippen molar-refractivity contribution in [1.82, 2.24) is 10.2 Å². The molecule has 0 aliphatic heterocycles. The van der Waals surface area contributed by atoms with E-state index in [1.54, 1.807) is 25.1 Å². The van der Waals surface area contributed by atoms with Gasteiger partial charge < -0.3 is 10.4 Å². The number of aliphatic hydroxyl groups is 1. The first-order valence-corrected chi connectivity index (χ1v) is 7.10. The summed E-state index contributed by atoms with van der Waals surface area (Å²) in [6.07, 6.45) is 0.210. The minimum absolute atomic E-state index is 0.283. The Morgan fingerprint density at radius 2 is 2.05 bits per heavy atom. The number of aliphatic hydroxyl groups excluding tert-OH is 1. The van der Waals surface area contributed by atoms with Crippen molar-refractivity contribution in [1.29, 1.82) is 0 Å². The third-order valence-electron chi connectivity index (χ3n) is 3.15. The van der Waals surface area contributed by atoms with Crippen molar-refractivity contribution in [3.05, 3.63) is 47.3 Å². The molecular formula is C16H21N3O2. The number of carbonyl (C=O) groups is 1. The zero-order valence-corrected chi connectivity index (χ0v) is 12.6. The molecule has 0 bridgehead atoms. The summed E-state index contributed by atoms with van der Waals surface area (Å²) >= 11 is 0. The first kappa shape index (κ1) is 15.3. The van der Waals surface area contributed by atoms with Gasteiger partial charge in [-0.2, -0.15) is 5.10 Å². The molecule has 2 rings (SSSR count). The molecule has 3 N–H and O–H groups in total. The largest absolute Gasteiger partial charge is 0.389 e. The Balaban J connectivity index is 2.13. The Hall–Kier alpha value is -2.14. The van der Waals surface area contributed by atoms with Gasteiger partial charge in [-0.05, 0) is 31.4 Å². The summed E-state index contributed by atoms with van der Waals surface area (Å²) in [6.45, 7) is 5.89. The van der Waals surface area contributed by atoms with Crippen molar-refractivity contribution in [2.45, 2.75) is 33.3 Å². The molecule has 0 saturated heterocycles. The van der Waals surface area contributed by atoms with Crippen molar-refractivity contribution in [3.8, 4) is 0 Å². The van der Waals surface area contributed by atoms with E-state index >= 15 is 0 Å². The van der Waals surface area contributed by atoms with E-state index in [4.69, 9.17) is 0 Å². The highest BCUT2D eigenvalue weighted by Gasteiger charge is 2.14. The number of hydrogen-bond acceptors (Lipinski definition) is 3. The number of carbonyl (C=O) groups excluding carboxylic acids is 1. The third-order valence-corrected chi connectivity index (χ3v) is 3.15. The number of nitrogens with zero attached hydrogens (tertiary/aromatic N) is 1. The van der Waals surface area contributed by atoms with E-state index in [9.17, 15) is 9.90 Å². The average molecular weight is 287 g/mol. The summed E-state index contributed by atoms with van der Waals surface area (Å²) in [7, 11) is 0. The molecule has 1 atom stereocenters. The highest BCUT2D eigenvalue weighted by atomic mass is 16.3. The number of H-pyrrole nitrogens is 1. The second-order valence-corrected chi connectivity index (χ2v) is 5.59. The smallest absolute Gasteiger partial charge is 0.276 e. The number of anilines is 1. The van der Waals surface area contributed by atoms with Crippen LogP contribution in [0.2, 0.25) is 0 Å². The first-order chi connectivity index (χ1) is 9.97.